The molecule has 1 aromatic carbocycles. The van der Waals surface area contributed by atoms with Gasteiger partial charge >= 0.3 is 0 Å². The number of nitrogens with two attached hydrogens (primary N) is 1. The molecule has 0 spiro atoms. The molecule has 0 saturated carbocycles. The number of benzene rings is 1. The minimum atomic E-state index is -3.56. The molecular formula is C17H29N3O3S. The van der Waals surface area contributed by atoms with Crippen molar-refractivity contribution >= 4 is 21.6 Å². The van der Waals surface area contributed by atoms with Crippen LogP contribution in [0.25, 0.3) is 0 Å². The van der Waals surface area contributed by atoms with E-state index in [-0.39, 0.29) is 16.8 Å². The van der Waals surface area contributed by atoms with E-state index in [9.17, 15) is 13.2 Å². The molecule has 7 heteroatoms. The van der Waals surface area contributed by atoms with Gasteiger partial charge in [0.15, 0.2) is 0 Å². The first-order valence-electron chi connectivity index (χ1n) is 8.30. The van der Waals surface area contributed by atoms with E-state index in [1.54, 1.807) is 26.0 Å². The normalized spacial score (nSPS) is 13.1. The van der Waals surface area contributed by atoms with Crippen molar-refractivity contribution in [1.29, 1.82) is 0 Å². The molecule has 0 aromatic heterocycles. The quantitative estimate of drug-likeness (QED) is 0.749. The average Bonchev–Trinajstić information content (AvgIpc) is 2.50. The molecule has 1 unspecified atom stereocenters. The van der Waals surface area contributed by atoms with Crippen LogP contribution in [0.4, 0.5) is 5.69 Å². The predicted octanol–water partition coefficient (Wildman–Crippen LogP) is 2.40. The molecule has 24 heavy (non-hydrogen) atoms. The van der Waals surface area contributed by atoms with Crippen molar-refractivity contribution in [2.24, 2.45) is 5.73 Å². The van der Waals surface area contributed by atoms with Gasteiger partial charge in [0, 0.05) is 31.2 Å². The highest BCUT2D eigenvalue weighted by Gasteiger charge is 2.23. The fourth-order valence-corrected chi connectivity index (χ4v) is 3.96. The molecule has 1 amide bonds. The lowest BCUT2D eigenvalue weighted by molar-refractivity contribution is -0.116. The van der Waals surface area contributed by atoms with Gasteiger partial charge in [-0.05, 0) is 50.5 Å². The second kappa shape index (κ2) is 8.60. The van der Waals surface area contributed by atoms with Crippen molar-refractivity contribution < 1.29 is 13.2 Å². The Balaban J connectivity index is 3.16. The van der Waals surface area contributed by atoms with Crippen LogP contribution in [0.5, 0.6) is 0 Å². The molecule has 0 heterocycles. The molecule has 1 rings (SSSR count). The zero-order chi connectivity index (χ0) is 18.5. The topological polar surface area (TPSA) is 92.5 Å². The van der Waals surface area contributed by atoms with Crippen LogP contribution in [0.3, 0.4) is 0 Å². The largest absolute Gasteiger partial charge is 0.328 e. The second-order valence-electron chi connectivity index (χ2n) is 6.07. The Bertz CT molecular complexity index is 681. The molecule has 1 atom stereocenters. The van der Waals surface area contributed by atoms with E-state index in [4.69, 9.17) is 5.73 Å². The predicted molar refractivity (Wildman–Crippen MR) is 97.5 cm³/mol. The number of hydrogen-bond acceptors (Lipinski definition) is 4. The molecular weight excluding hydrogens is 326 g/mol. The smallest absolute Gasteiger partial charge is 0.243 e. The van der Waals surface area contributed by atoms with E-state index >= 15 is 0 Å². The summed E-state index contributed by atoms with van der Waals surface area (Å²) in [6.45, 7) is 9.97. The number of carbonyl (C=O) groups excluding carboxylic acids is 1. The maximum atomic E-state index is 12.7. The number of rotatable bonds is 8. The van der Waals surface area contributed by atoms with Gasteiger partial charge in [-0.3, -0.25) is 4.79 Å². The summed E-state index contributed by atoms with van der Waals surface area (Å²) in [7, 11) is -3.56. The number of nitrogens with zero attached hydrogens (tertiary/aromatic N) is 1. The van der Waals surface area contributed by atoms with Gasteiger partial charge in [0.1, 0.15) is 0 Å². The van der Waals surface area contributed by atoms with Crippen LogP contribution < -0.4 is 11.1 Å². The molecule has 0 fully saturated rings. The van der Waals surface area contributed by atoms with Crippen LogP contribution in [-0.4, -0.2) is 37.8 Å². The Morgan fingerprint density at radius 3 is 2.33 bits per heavy atom. The zero-order valence-electron chi connectivity index (χ0n) is 15.2. The van der Waals surface area contributed by atoms with Crippen LogP contribution >= 0.6 is 0 Å². The summed E-state index contributed by atoms with van der Waals surface area (Å²) in [5.74, 6) is -0.160. The van der Waals surface area contributed by atoms with Crippen LogP contribution in [0.15, 0.2) is 17.0 Å². The van der Waals surface area contributed by atoms with Crippen molar-refractivity contribution in [2.45, 2.75) is 58.4 Å². The number of aryl methyl sites for hydroxylation is 1. The van der Waals surface area contributed by atoms with E-state index < -0.39 is 10.0 Å². The SMILES string of the molecule is CCN(CC)S(=O)(=O)c1cc(C)c(C)c(NC(=O)CCC(C)N)c1. The minimum Gasteiger partial charge on any atom is -0.328 e. The van der Waals surface area contributed by atoms with Crippen molar-refractivity contribution in [3.63, 3.8) is 0 Å². The molecule has 136 valence electrons. The lowest BCUT2D eigenvalue weighted by atomic mass is 10.1. The molecule has 0 bridgehead atoms. The first-order chi connectivity index (χ1) is 11.1. The van der Waals surface area contributed by atoms with Crippen LogP contribution in [-0.2, 0) is 14.8 Å². The number of amides is 1. The first-order valence-corrected chi connectivity index (χ1v) is 9.74. The van der Waals surface area contributed by atoms with Gasteiger partial charge in [-0.25, -0.2) is 8.42 Å². The molecule has 1 aromatic rings. The maximum absolute atomic E-state index is 12.7. The Morgan fingerprint density at radius 1 is 1.25 bits per heavy atom. The van der Waals surface area contributed by atoms with Crippen LogP contribution in [0.2, 0.25) is 0 Å². The third-order valence-corrected chi connectivity index (χ3v) is 6.11. The second-order valence-corrected chi connectivity index (χ2v) is 8.00. The summed E-state index contributed by atoms with van der Waals surface area (Å²) in [6.07, 6.45) is 0.893. The Labute approximate surface area is 145 Å². The number of hydrogen-bond donors (Lipinski definition) is 2. The number of carbonyl (C=O) groups is 1. The summed E-state index contributed by atoms with van der Waals surface area (Å²) >= 11 is 0. The Hall–Kier alpha value is -1.44. The molecule has 6 nitrogen and oxygen atoms in total. The third kappa shape index (κ3) is 5.03. The van der Waals surface area contributed by atoms with Crippen LogP contribution in [0, 0.1) is 13.8 Å². The summed E-state index contributed by atoms with van der Waals surface area (Å²) in [5.41, 5.74) is 7.89. The molecule has 3 N–H and O–H groups in total. The molecule has 0 saturated heterocycles. The first kappa shape index (κ1) is 20.6. The number of nitrogens with one attached hydrogen (secondary N) is 1. The van der Waals surface area contributed by atoms with E-state index in [1.165, 1.54) is 4.31 Å². The highest BCUT2D eigenvalue weighted by Crippen LogP contribution is 2.26. The third-order valence-electron chi connectivity index (χ3n) is 4.08. The van der Waals surface area contributed by atoms with Crippen molar-refractivity contribution in [3.8, 4) is 0 Å². The molecule has 0 aliphatic heterocycles. The summed E-state index contributed by atoms with van der Waals surface area (Å²) in [4.78, 5) is 12.3. The monoisotopic (exact) mass is 355 g/mol. The van der Waals surface area contributed by atoms with Crippen molar-refractivity contribution in [2.75, 3.05) is 18.4 Å². The van der Waals surface area contributed by atoms with Gasteiger partial charge in [0.2, 0.25) is 15.9 Å². The van der Waals surface area contributed by atoms with E-state index in [2.05, 4.69) is 5.32 Å². The Morgan fingerprint density at radius 2 is 1.83 bits per heavy atom. The van der Waals surface area contributed by atoms with Crippen LogP contribution in [0.1, 0.15) is 44.7 Å². The highest BCUT2D eigenvalue weighted by molar-refractivity contribution is 7.89. The van der Waals surface area contributed by atoms with Crippen molar-refractivity contribution in [1.82, 2.24) is 4.31 Å². The molecule has 0 radical (unpaired) electrons. The molecule has 0 aliphatic carbocycles. The lowest BCUT2D eigenvalue weighted by Crippen LogP contribution is -2.30. The van der Waals surface area contributed by atoms with Gasteiger partial charge in [-0.2, -0.15) is 4.31 Å². The maximum Gasteiger partial charge on any atom is 0.243 e. The minimum absolute atomic E-state index is 0.0482. The Kier molecular flexibility index (Phi) is 7.38. The van der Waals surface area contributed by atoms with Crippen molar-refractivity contribution in [3.05, 3.63) is 23.3 Å². The standard InChI is InChI=1S/C17H29N3O3S/c1-6-20(7-2)24(22,23)15-10-12(3)14(5)16(11-15)19-17(21)9-8-13(4)18/h10-11,13H,6-9,18H2,1-5H3,(H,19,21). The van der Waals surface area contributed by atoms with Gasteiger partial charge in [0.05, 0.1) is 4.90 Å². The number of anilines is 1. The van der Waals surface area contributed by atoms with E-state index in [1.807, 2.05) is 20.8 Å². The van der Waals surface area contributed by atoms with Gasteiger partial charge in [-0.1, -0.05) is 13.8 Å². The van der Waals surface area contributed by atoms with Gasteiger partial charge in [0.25, 0.3) is 0 Å². The van der Waals surface area contributed by atoms with E-state index in [0.717, 1.165) is 11.1 Å². The molecule has 0 aliphatic rings. The average molecular weight is 356 g/mol. The summed E-state index contributed by atoms with van der Waals surface area (Å²) < 4.78 is 26.8. The zero-order valence-corrected chi connectivity index (χ0v) is 16.0. The number of sulfonamides is 1. The lowest BCUT2D eigenvalue weighted by Gasteiger charge is -2.20. The van der Waals surface area contributed by atoms with Gasteiger partial charge < -0.3 is 11.1 Å². The van der Waals surface area contributed by atoms with E-state index in [0.29, 0.717) is 31.6 Å². The summed E-state index contributed by atoms with van der Waals surface area (Å²) in [6, 6.07) is 3.15. The fourth-order valence-electron chi connectivity index (χ4n) is 2.39. The highest BCUT2D eigenvalue weighted by atomic mass is 32.2. The van der Waals surface area contributed by atoms with Gasteiger partial charge in [-0.15, -0.1) is 0 Å². The summed E-state index contributed by atoms with van der Waals surface area (Å²) in [5, 5.41) is 2.82. The fraction of sp³-hybridized carbons (Fsp3) is 0.588.